The molecule has 170 valence electrons. The Morgan fingerprint density at radius 3 is 2.91 bits per heavy atom. The van der Waals surface area contributed by atoms with Crippen molar-refractivity contribution in [3.63, 3.8) is 0 Å². The Balaban J connectivity index is 1.47. The number of hydrogen-bond donors (Lipinski definition) is 3. The summed E-state index contributed by atoms with van der Waals surface area (Å²) in [6.07, 6.45) is 9.16. The Morgan fingerprint density at radius 1 is 1.30 bits per heavy atom. The van der Waals surface area contributed by atoms with Gasteiger partial charge in [-0.15, -0.1) is 0 Å². The van der Waals surface area contributed by atoms with Crippen LogP contribution in [0.2, 0.25) is 0 Å². The number of benzene rings is 1. The maximum Gasteiger partial charge on any atom is 0.272 e. The van der Waals surface area contributed by atoms with E-state index in [4.69, 9.17) is 10.7 Å². The predicted molar refractivity (Wildman–Crippen MR) is 131 cm³/mol. The van der Waals surface area contributed by atoms with Crippen LogP contribution in [0.3, 0.4) is 0 Å². The van der Waals surface area contributed by atoms with Gasteiger partial charge in [-0.25, -0.2) is 9.20 Å². The third-order valence-electron chi connectivity index (χ3n) is 5.75. The fraction of sp³-hybridized carbons (Fsp3) is 0.261. The van der Waals surface area contributed by atoms with Gasteiger partial charge in [-0.3, -0.25) is 9.78 Å². The van der Waals surface area contributed by atoms with E-state index in [1.165, 1.54) is 6.26 Å². The molecule has 2 aromatic heterocycles. The predicted octanol–water partition coefficient (Wildman–Crippen LogP) is 2.70. The number of fused-ring (bicyclic) bond motifs is 1. The number of nitrogens with two attached hydrogens (primary N) is 1. The van der Waals surface area contributed by atoms with Crippen molar-refractivity contribution in [1.82, 2.24) is 9.97 Å². The second-order valence-electron chi connectivity index (χ2n) is 8.17. The van der Waals surface area contributed by atoms with Crippen LogP contribution in [-0.2, 0) is 15.8 Å². The normalized spacial score (nSPS) is 17.2. The van der Waals surface area contributed by atoms with Gasteiger partial charge in [0, 0.05) is 47.7 Å². The molecular formula is C23H24N6O3S. The van der Waals surface area contributed by atoms with Crippen molar-refractivity contribution in [2.24, 2.45) is 16.8 Å². The molecule has 4 N–H and O–H groups in total. The highest BCUT2D eigenvalue weighted by Gasteiger charge is 2.30. The number of nitrogens with one attached hydrogen (secondary N) is 2. The third-order valence-corrected chi connectivity index (χ3v) is 6.26. The Hall–Kier alpha value is -3.50. The summed E-state index contributed by atoms with van der Waals surface area (Å²) in [4.78, 5) is 31.1. The quantitative estimate of drug-likeness (QED) is 0.293. The minimum atomic E-state index is -1.35. The first-order valence-electron chi connectivity index (χ1n) is 10.6. The SMILES string of the molecule is CS(=O)Nc1cc(-c2ccc3nccc(N4CC=C(N=C(ON)C5CC5)C4)c3c2)c[nH]c1=O. The van der Waals surface area contributed by atoms with Gasteiger partial charge < -0.3 is 19.4 Å². The maximum absolute atomic E-state index is 12.1. The van der Waals surface area contributed by atoms with Gasteiger partial charge in [0.05, 0.1) is 17.8 Å². The smallest absolute Gasteiger partial charge is 0.272 e. The lowest BCUT2D eigenvalue weighted by Crippen LogP contribution is -2.20. The molecule has 0 amide bonds. The van der Waals surface area contributed by atoms with Gasteiger partial charge >= 0.3 is 0 Å². The number of aromatic amines is 1. The van der Waals surface area contributed by atoms with E-state index in [-0.39, 0.29) is 11.2 Å². The molecule has 10 heteroatoms. The van der Waals surface area contributed by atoms with Gasteiger partial charge in [0.25, 0.3) is 5.56 Å². The molecule has 33 heavy (non-hydrogen) atoms. The minimum absolute atomic E-state index is 0.264. The Bertz CT molecular complexity index is 1360. The zero-order chi connectivity index (χ0) is 22.9. The van der Waals surface area contributed by atoms with Crippen LogP contribution in [-0.4, -0.2) is 39.4 Å². The van der Waals surface area contributed by atoms with Crippen LogP contribution < -0.4 is 21.1 Å². The zero-order valence-corrected chi connectivity index (χ0v) is 18.9. The topological polar surface area (TPSA) is 126 Å². The second kappa shape index (κ2) is 8.80. The van der Waals surface area contributed by atoms with E-state index >= 15 is 0 Å². The van der Waals surface area contributed by atoms with Crippen LogP contribution in [0, 0.1) is 5.92 Å². The number of H-pyrrole nitrogens is 1. The number of nitrogens with zero attached hydrogens (tertiary/aromatic N) is 3. The first kappa shape index (κ1) is 21.4. The first-order valence-corrected chi connectivity index (χ1v) is 12.2. The molecule has 1 atom stereocenters. The molecular weight excluding hydrogens is 440 g/mol. The maximum atomic E-state index is 12.1. The summed E-state index contributed by atoms with van der Waals surface area (Å²) in [6.45, 7) is 1.37. The van der Waals surface area contributed by atoms with Crippen molar-refractivity contribution in [2.75, 3.05) is 29.0 Å². The van der Waals surface area contributed by atoms with Gasteiger partial charge in [-0.1, -0.05) is 6.07 Å². The molecule has 3 heterocycles. The van der Waals surface area contributed by atoms with Crippen molar-refractivity contribution in [2.45, 2.75) is 12.8 Å². The fourth-order valence-electron chi connectivity index (χ4n) is 3.96. The molecule has 1 aliphatic heterocycles. The van der Waals surface area contributed by atoms with Crippen LogP contribution in [0.15, 0.2) is 64.3 Å². The van der Waals surface area contributed by atoms with Crippen molar-refractivity contribution >= 4 is 39.2 Å². The molecule has 0 saturated heterocycles. The molecule has 9 nitrogen and oxygen atoms in total. The lowest BCUT2D eigenvalue weighted by Gasteiger charge is -2.20. The Morgan fingerprint density at radius 2 is 2.15 bits per heavy atom. The van der Waals surface area contributed by atoms with Crippen LogP contribution in [0.4, 0.5) is 11.4 Å². The van der Waals surface area contributed by atoms with Gasteiger partial charge in [0.1, 0.15) is 16.7 Å². The van der Waals surface area contributed by atoms with E-state index in [0.29, 0.717) is 18.4 Å². The summed E-state index contributed by atoms with van der Waals surface area (Å²) in [5, 5.41) is 0.992. The molecule has 0 spiro atoms. The van der Waals surface area contributed by atoms with E-state index in [9.17, 15) is 9.00 Å². The van der Waals surface area contributed by atoms with Crippen LogP contribution in [0.1, 0.15) is 12.8 Å². The second-order valence-corrected chi connectivity index (χ2v) is 9.28. The summed E-state index contributed by atoms with van der Waals surface area (Å²) >= 11 is 0. The highest BCUT2D eigenvalue weighted by Crippen LogP contribution is 2.34. The molecule has 3 aromatic rings. The van der Waals surface area contributed by atoms with E-state index in [1.54, 1.807) is 18.5 Å². The summed E-state index contributed by atoms with van der Waals surface area (Å²) in [5.41, 5.74) is 4.51. The lowest BCUT2D eigenvalue weighted by molar-refractivity contribution is 0.307. The number of pyridine rings is 2. The number of hydrogen-bond acceptors (Lipinski definition) is 7. The van der Waals surface area contributed by atoms with Crippen LogP contribution >= 0.6 is 0 Å². The van der Waals surface area contributed by atoms with E-state index in [0.717, 1.165) is 52.8 Å². The fourth-order valence-corrected chi connectivity index (χ4v) is 4.42. The number of rotatable bonds is 6. The summed E-state index contributed by atoms with van der Waals surface area (Å²) in [6, 6.07) is 9.66. The van der Waals surface area contributed by atoms with Gasteiger partial charge in [-0.05, 0) is 48.7 Å². The average Bonchev–Trinajstić information content (AvgIpc) is 3.56. The van der Waals surface area contributed by atoms with E-state index < -0.39 is 11.0 Å². The van der Waals surface area contributed by atoms with Crippen molar-refractivity contribution in [1.29, 1.82) is 0 Å². The number of aliphatic imine (C=N–C) groups is 1. The molecule has 1 aromatic carbocycles. The number of aromatic nitrogens is 2. The first-order chi connectivity index (χ1) is 16.0. The highest BCUT2D eigenvalue weighted by molar-refractivity contribution is 7.85. The molecule has 1 saturated carbocycles. The molecule has 1 aliphatic carbocycles. The summed E-state index contributed by atoms with van der Waals surface area (Å²) < 4.78 is 14.2. The zero-order valence-electron chi connectivity index (χ0n) is 18.1. The summed E-state index contributed by atoms with van der Waals surface area (Å²) in [5.74, 6) is 6.36. The highest BCUT2D eigenvalue weighted by atomic mass is 32.2. The molecule has 0 bridgehead atoms. The molecule has 2 aliphatic rings. The standard InChI is InChI=1S/C23H24N6O3S/c1-33(31)28-20-11-16(12-26-22(20)30)15-4-5-19-18(10-15)21(6-8-25-19)29-9-7-17(13-29)27-23(32-24)14-2-3-14/h4-8,10-12,14,28H,2-3,9,13,24H2,1H3,(H,26,30). The third kappa shape index (κ3) is 4.53. The van der Waals surface area contributed by atoms with Crippen molar-refractivity contribution in [3.05, 3.63) is 64.9 Å². The van der Waals surface area contributed by atoms with Crippen LogP contribution in [0.25, 0.3) is 22.0 Å². The lowest BCUT2D eigenvalue weighted by atomic mass is 10.0. The van der Waals surface area contributed by atoms with Crippen molar-refractivity contribution in [3.8, 4) is 11.1 Å². The van der Waals surface area contributed by atoms with Gasteiger partial charge in [0.2, 0.25) is 5.90 Å². The molecule has 1 fully saturated rings. The Labute approximate surface area is 192 Å². The summed E-state index contributed by atoms with van der Waals surface area (Å²) in [7, 11) is -1.35. The monoisotopic (exact) mass is 464 g/mol. The minimum Gasteiger partial charge on any atom is -0.396 e. The number of anilines is 2. The Kier molecular flexibility index (Phi) is 5.69. The van der Waals surface area contributed by atoms with Gasteiger partial charge in [-0.2, -0.15) is 5.90 Å². The van der Waals surface area contributed by atoms with Crippen molar-refractivity contribution < 1.29 is 9.05 Å². The largest absolute Gasteiger partial charge is 0.396 e. The molecule has 5 rings (SSSR count). The van der Waals surface area contributed by atoms with Crippen LogP contribution in [0.5, 0.6) is 0 Å². The van der Waals surface area contributed by atoms with E-state index in [1.807, 2.05) is 18.2 Å². The molecule has 0 radical (unpaired) electrons. The molecule has 1 unspecified atom stereocenters. The average molecular weight is 465 g/mol. The van der Waals surface area contributed by atoms with Gasteiger partial charge in [0.15, 0.2) is 0 Å². The van der Waals surface area contributed by atoms with E-state index in [2.05, 4.69) is 36.7 Å².